The number of aromatic nitrogens is 1. The van der Waals surface area contributed by atoms with Gasteiger partial charge in [0.15, 0.2) is 0 Å². The Labute approximate surface area is 215 Å². The molecule has 0 spiro atoms. The molecule has 0 saturated carbocycles. The van der Waals surface area contributed by atoms with Gasteiger partial charge in [-0.1, -0.05) is 0 Å². The molecule has 1 amide bonds. The van der Waals surface area contributed by atoms with E-state index in [2.05, 4.69) is 51.1 Å². The fourth-order valence-electron chi connectivity index (χ4n) is 5.43. The Hall–Kier alpha value is -1.70. The number of aryl methyl sites for hydroxylation is 1. The van der Waals surface area contributed by atoms with Crippen molar-refractivity contribution in [3.05, 3.63) is 26.8 Å². The molecule has 0 radical (unpaired) electrons. The van der Waals surface area contributed by atoms with Gasteiger partial charge in [0, 0.05) is 0 Å². The molecule has 1 aromatic carbocycles. The van der Waals surface area contributed by atoms with Crippen LogP contribution >= 0.6 is 0 Å². The number of benzene rings is 1. The van der Waals surface area contributed by atoms with Gasteiger partial charge < -0.3 is 0 Å². The molecular weight excluding hydrogens is 547 g/mol. The van der Waals surface area contributed by atoms with Crippen molar-refractivity contribution in [1.82, 2.24) is 10.1 Å². The van der Waals surface area contributed by atoms with Gasteiger partial charge in [0.05, 0.1) is 0 Å². The van der Waals surface area contributed by atoms with Gasteiger partial charge in [0.2, 0.25) is 0 Å². The van der Waals surface area contributed by atoms with Crippen LogP contribution < -0.4 is 4.74 Å². The second kappa shape index (κ2) is 13.6. The van der Waals surface area contributed by atoms with Crippen LogP contribution in [0.5, 0.6) is 5.88 Å². The molecule has 0 unspecified atom stereocenters. The van der Waals surface area contributed by atoms with E-state index in [9.17, 15) is 4.79 Å². The number of methoxy groups -OCH3 is 1. The van der Waals surface area contributed by atoms with Crippen LogP contribution in [-0.2, 0) is 4.74 Å². The first kappa shape index (κ1) is 27.9. The summed E-state index contributed by atoms with van der Waals surface area (Å²) in [5.74, 6) is 0.539. The Bertz CT molecular complexity index is 978. The van der Waals surface area contributed by atoms with Crippen LogP contribution in [0.2, 0.25) is 13.3 Å². The van der Waals surface area contributed by atoms with Crippen LogP contribution in [0.15, 0.2) is 20.2 Å². The molecule has 1 aliphatic rings. The summed E-state index contributed by atoms with van der Waals surface area (Å²) in [4.78, 5) is 14.1. The van der Waals surface area contributed by atoms with Crippen LogP contribution in [0.3, 0.4) is 0 Å². The summed E-state index contributed by atoms with van der Waals surface area (Å²) in [5, 5.41) is 5.03. The number of carbonyl (C=O) groups excluding carboxylic acids is 1. The Kier molecular flexibility index (Phi) is 10.8. The van der Waals surface area contributed by atoms with Crippen LogP contribution in [0.25, 0.3) is 17.0 Å². The van der Waals surface area contributed by atoms with Gasteiger partial charge in [-0.05, 0) is 0 Å². The molecule has 0 N–H and O–H groups in total. The van der Waals surface area contributed by atoms with Crippen molar-refractivity contribution in [3.63, 3.8) is 0 Å². The van der Waals surface area contributed by atoms with E-state index in [-0.39, 0.29) is 6.09 Å². The molecule has 0 atom stereocenters. The summed E-state index contributed by atoms with van der Waals surface area (Å²) >= 11 is -2.71. The summed E-state index contributed by atoms with van der Waals surface area (Å²) < 4.78 is 22.1. The predicted molar refractivity (Wildman–Crippen MR) is 146 cm³/mol. The van der Waals surface area contributed by atoms with Gasteiger partial charge in [-0.25, -0.2) is 0 Å². The van der Waals surface area contributed by atoms with Gasteiger partial charge in [-0.2, -0.15) is 0 Å². The molecule has 1 aromatic heterocycles. The molecule has 35 heavy (non-hydrogen) atoms. The van der Waals surface area contributed by atoms with Crippen molar-refractivity contribution in [3.8, 4) is 5.88 Å². The zero-order valence-electron chi connectivity index (χ0n) is 22.5. The second-order valence-electron chi connectivity index (χ2n) is 10.0. The summed E-state index contributed by atoms with van der Waals surface area (Å²) in [6, 6.07) is 4.38. The number of unbranched alkanes of at least 4 members (excludes halogenated alkanes) is 3. The van der Waals surface area contributed by atoms with Gasteiger partial charge in [0.1, 0.15) is 0 Å². The summed E-state index contributed by atoms with van der Waals surface area (Å²) in [7, 11) is 1.64. The maximum atomic E-state index is 12.2. The van der Waals surface area contributed by atoms with E-state index in [1.54, 1.807) is 10.7 Å². The first-order valence-corrected chi connectivity index (χ1v) is 21.0. The molecule has 2 heterocycles. The maximum absolute atomic E-state index is 12.2. The van der Waals surface area contributed by atoms with E-state index in [4.69, 9.17) is 14.0 Å². The van der Waals surface area contributed by atoms with E-state index in [0.717, 1.165) is 29.5 Å². The van der Waals surface area contributed by atoms with Crippen molar-refractivity contribution in [2.24, 2.45) is 0 Å². The molecule has 3 rings (SSSR count). The first-order chi connectivity index (χ1) is 17.0. The fraction of sp³-hybridized carbons (Fsp3) is 0.643. The number of amides is 1. The average molecular weight is 591 g/mol. The van der Waals surface area contributed by atoms with Gasteiger partial charge in [-0.15, -0.1) is 0 Å². The monoisotopic (exact) mass is 592 g/mol. The van der Waals surface area contributed by atoms with Gasteiger partial charge in [0.25, 0.3) is 0 Å². The van der Waals surface area contributed by atoms with E-state index < -0.39 is 18.4 Å². The van der Waals surface area contributed by atoms with E-state index >= 15 is 0 Å². The number of carbonyl (C=O) groups is 1. The van der Waals surface area contributed by atoms with Crippen LogP contribution in [0, 0.1) is 6.92 Å². The number of hydrogen-bond donors (Lipinski definition) is 0. The van der Waals surface area contributed by atoms with Crippen LogP contribution in [0.1, 0.15) is 76.8 Å². The zero-order valence-corrected chi connectivity index (χ0v) is 25.3. The Morgan fingerprint density at radius 3 is 2.31 bits per heavy atom. The molecule has 0 aliphatic carbocycles. The molecule has 1 saturated heterocycles. The quantitative estimate of drug-likeness (QED) is 0.198. The Morgan fingerprint density at radius 1 is 1.11 bits per heavy atom. The molecule has 1 aliphatic heterocycles. The Morgan fingerprint density at radius 2 is 1.77 bits per heavy atom. The summed E-state index contributed by atoms with van der Waals surface area (Å²) in [6.07, 6.45) is 10.9. The standard InChI is InChI=1S/C16H17N2O4.3C4H9.Sn/c1-11-9-12(10-13-14(11)22-17-15(13)20-2)5-3-4-6-18-7-8-21-16(18)19;3*1-3-4-2;/h5,9-10H,4,6-8H2,1-2H3;3*1,3-4H2,2H3;. The SMILES string of the molecule is CCC[CH2][Sn]([CH2]CCC)([CH2]CCC)/[C](=C/c1cc(C)c2onc(OC)c2c1)CCN1CCOC1=O. The third-order valence-electron chi connectivity index (χ3n) is 7.49. The third-order valence-corrected chi connectivity index (χ3v) is 23.7. The number of ether oxygens (including phenoxy) is 2. The number of fused-ring (bicyclic) bond motifs is 1. The number of rotatable bonds is 15. The molecule has 0 bridgehead atoms. The normalized spacial score (nSPS) is 14.7. The van der Waals surface area contributed by atoms with Crippen molar-refractivity contribution in [1.29, 1.82) is 0 Å². The van der Waals surface area contributed by atoms with Gasteiger partial charge >= 0.3 is 216 Å². The number of nitrogens with zero attached hydrogens (tertiary/aromatic N) is 2. The first-order valence-electron chi connectivity index (χ1n) is 13.5. The molecule has 7 heteroatoms. The minimum absolute atomic E-state index is 0.160. The molecule has 2 aromatic rings. The fourth-order valence-corrected chi connectivity index (χ4v) is 22.3. The Balaban J connectivity index is 2.08. The topological polar surface area (TPSA) is 64.8 Å². The van der Waals surface area contributed by atoms with Crippen LogP contribution in [-0.4, -0.2) is 61.3 Å². The van der Waals surface area contributed by atoms with Crippen molar-refractivity contribution >= 4 is 41.5 Å². The second-order valence-corrected chi connectivity index (χ2v) is 23.4. The van der Waals surface area contributed by atoms with Crippen molar-refractivity contribution in [2.45, 2.75) is 86.0 Å². The third kappa shape index (κ3) is 6.95. The number of cyclic esters (lactones) is 1. The van der Waals surface area contributed by atoms with E-state index in [0.29, 0.717) is 19.0 Å². The van der Waals surface area contributed by atoms with Crippen molar-refractivity contribution in [2.75, 3.05) is 26.8 Å². The molecule has 194 valence electrons. The minimum atomic E-state index is -2.71. The van der Waals surface area contributed by atoms with Gasteiger partial charge in [-0.3, -0.25) is 0 Å². The predicted octanol–water partition coefficient (Wildman–Crippen LogP) is 7.76. The molecular formula is C28H44N2O4Sn. The zero-order chi connectivity index (χ0) is 25.3. The van der Waals surface area contributed by atoms with Crippen LogP contribution in [0.4, 0.5) is 4.79 Å². The molecule has 1 fully saturated rings. The number of hydrogen-bond acceptors (Lipinski definition) is 5. The van der Waals surface area contributed by atoms with E-state index in [1.807, 2.05) is 4.90 Å². The summed E-state index contributed by atoms with van der Waals surface area (Å²) in [6.45, 7) is 11.0. The van der Waals surface area contributed by atoms with Crippen molar-refractivity contribution < 1.29 is 18.8 Å². The summed E-state index contributed by atoms with van der Waals surface area (Å²) in [5.41, 5.74) is 3.06. The average Bonchev–Trinajstić information content (AvgIpc) is 3.47. The molecule has 6 nitrogen and oxygen atoms in total. The van der Waals surface area contributed by atoms with E-state index in [1.165, 1.54) is 57.4 Å².